The minimum absolute atomic E-state index is 0.0121. The van der Waals surface area contributed by atoms with Crippen LogP contribution in [0.2, 0.25) is 0 Å². The van der Waals surface area contributed by atoms with Gasteiger partial charge in [0.25, 0.3) is 0 Å². The van der Waals surface area contributed by atoms with Gasteiger partial charge in [-0.1, -0.05) is 56.3 Å². The van der Waals surface area contributed by atoms with Crippen LogP contribution < -0.4 is 21.7 Å². The predicted molar refractivity (Wildman–Crippen MR) is 134 cm³/mol. The molecule has 4 unspecified atom stereocenters. The number of phenols is 1. The predicted octanol–water partition coefficient (Wildman–Crippen LogP) is 0.720. The highest BCUT2D eigenvalue weighted by Gasteiger charge is 2.29. The van der Waals surface area contributed by atoms with Gasteiger partial charge in [-0.05, 0) is 36.1 Å². The minimum atomic E-state index is -1.25. The first-order valence-electron chi connectivity index (χ1n) is 11.7. The Bertz CT molecular complexity index is 1040. The van der Waals surface area contributed by atoms with E-state index >= 15 is 0 Å². The van der Waals surface area contributed by atoms with Gasteiger partial charge >= 0.3 is 5.97 Å². The van der Waals surface area contributed by atoms with Crippen molar-refractivity contribution in [3.05, 3.63) is 65.7 Å². The lowest BCUT2D eigenvalue weighted by Gasteiger charge is -2.24. The van der Waals surface area contributed by atoms with E-state index in [9.17, 15) is 29.4 Å². The summed E-state index contributed by atoms with van der Waals surface area (Å²) < 4.78 is 0. The van der Waals surface area contributed by atoms with Gasteiger partial charge in [-0.25, -0.2) is 4.79 Å². The topological polar surface area (TPSA) is 171 Å². The van der Waals surface area contributed by atoms with Crippen molar-refractivity contribution in [1.29, 1.82) is 0 Å². The molecule has 0 heterocycles. The quantitative estimate of drug-likeness (QED) is 0.250. The van der Waals surface area contributed by atoms with E-state index in [0.717, 1.165) is 5.56 Å². The Labute approximate surface area is 210 Å². The van der Waals surface area contributed by atoms with Crippen LogP contribution in [0.3, 0.4) is 0 Å². The maximum absolute atomic E-state index is 13.0. The van der Waals surface area contributed by atoms with Crippen LogP contribution in [0, 0.1) is 5.92 Å². The fourth-order valence-electron chi connectivity index (χ4n) is 3.37. The Morgan fingerprint density at radius 2 is 1.28 bits per heavy atom. The number of aliphatic carboxylic acids is 1. The normalized spacial score (nSPS) is 14.2. The third-order valence-corrected chi connectivity index (χ3v) is 5.68. The molecule has 10 nitrogen and oxygen atoms in total. The van der Waals surface area contributed by atoms with Crippen molar-refractivity contribution in [2.24, 2.45) is 11.7 Å². The lowest BCUT2D eigenvalue weighted by atomic mass is 10.0. The summed E-state index contributed by atoms with van der Waals surface area (Å²) in [5.41, 5.74) is 7.33. The van der Waals surface area contributed by atoms with Crippen LogP contribution >= 0.6 is 0 Å². The molecule has 10 heteroatoms. The monoisotopic (exact) mass is 498 g/mol. The number of phenolic OH excluding ortho intramolecular Hbond substituents is 1. The first-order valence-corrected chi connectivity index (χ1v) is 11.7. The number of rotatable bonds is 12. The zero-order valence-corrected chi connectivity index (χ0v) is 20.6. The lowest BCUT2D eigenvalue weighted by molar-refractivity contribution is -0.142. The van der Waals surface area contributed by atoms with E-state index in [0.29, 0.717) is 5.56 Å². The first-order chi connectivity index (χ1) is 17.0. The van der Waals surface area contributed by atoms with Gasteiger partial charge in [0.1, 0.15) is 23.9 Å². The van der Waals surface area contributed by atoms with Crippen LogP contribution in [0.4, 0.5) is 0 Å². The van der Waals surface area contributed by atoms with Crippen LogP contribution in [0.5, 0.6) is 5.75 Å². The van der Waals surface area contributed by atoms with Crippen molar-refractivity contribution in [1.82, 2.24) is 16.0 Å². The number of hydrogen-bond acceptors (Lipinski definition) is 6. The van der Waals surface area contributed by atoms with Crippen molar-refractivity contribution in [3.63, 3.8) is 0 Å². The largest absolute Gasteiger partial charge is 0.508 e. The zero-order chi connectivity index (χ0) is 26.8. The number of carboxylic acids is 1. The van der Waals surface area contributed by atoms with Crippen molar-refractivity contribution in [2.75, 3.05) is 0 Å². The molecule has 0 aliphatic heterocycles. The molecule has 2 aromatic rings. The maximum atomic E-state index is 13.0. The second-order valence-corrected chi connectivity index (χ2v) is 9.02. The van der Waals surface area contributed by atoms with Gasteiger partial charge in [-0.15, -0.1) is 0 Å². The molecule has 0 saturated carbocycles. The number of hydrogen-bond donors (Lipinski definition) is 6. The molecule has 0 spiro atoms. The lowest BCUT2D eigenvalue weighted by Crippen LogP contribution is -2.57. The van der Waals surface area contributed by atoms with E-state index in [1.165, 1.54) is 19.1 Å². The molecule has 0 aliphatic carbocycles. The van der Waals surface area contributed by atoms with Gasteiger partial charge in [0.2, 0.25) is 17.7 Å². The number of nitrogens with two attached hydrogens (primary N) is 1. The maximum Gasteiger partial charge on any atom is 0.326 e. The van der Waals surface area contributed by atoms with Gasteiger partial charge in [0.05, 0.1) is 6.04 Å². The van der Waals surface area contributed by atoms with Gasteiger partial charge in [0.15, 0.2) is 0 Å². The van der Waals surface area contributed by atoms with Crippen molar-refractivity contribution < 1.29 is 29.4 Å². The molecular formula is C26H34N4O6. The molecule has 4 atom stereocenters. The second-order valence-electron chi connectivity index (χ2n) is 9.02. The molecule has 0 aromatic heterocycles. The fourth-order valence-corrected chi connectivity index (χ4v) is 3.37. The van der Waals surface area contributed by atoms with E-state index in [1.54, 1.807) is 26.0 Å². The van der Waals surface area contributed by atoms with Crippen LogP contribution in [-0.2, 0) is 32.0 Å². The number of benzene rings is 2. The minimum Gasteiger partial charge on any atom is -0.508 e. The zero-order valence-electron chi connectivity index (χ0n) is 20.6. The smallest absolute Gasteiger partial charge is 0.326 e. The summed E-state index contributed by atoms with van der Waals surface area (Å²) in [5, 5.41) is 26.6. The summed E-state index contributed by atoms with van der Waals surface area (Å²) in [6.45, 7) is 5.01. The molecule has 3 amide bonds. The molecule has 7 N–H and O–H groups in total. The Morgan fingerprint density at radius 3 is 1.83 bits per heavy atom. The highest BCUT2D eigenvalue weighted by atomic mass is 16.4. The molecule has 194 valence electrons. The van der Waals surface area contributed by atoms with E-state index in [1.807, 2.05) is 30.3 Å². The van der Waals surface area contributed by atoms with Gasteiger partial charge < -0.3 is 31.9 Å². The molecule has 0 bridgehead atoms. The van der Waals surface area contributed by atoms with Gasteiger partial charge in [-0.2, -0.15) is 0 Å². The van der Waals surface area contributed by atoms with Crippen molar-refractivity contribution in [2.45, 2.75) is 57.8 Å². The Kier molecular flexibility index (Phi) is 10.4. The number of carbonyl (C=O) groups excluding carboxylic acids is 3. The Balaban J connectivity index is 2.07. The molecular weight excluding hydrogens is 464 g/mol. The SMILES string of the molecule is CC(NC(=O)C(Cc1ccccc1)NC(=O)C(N)C(C)C)C(=O)NC(Cc1ccc(O)cc1)C(=O)O. The van der Waals surface area contributed by atoms with Gasteiger partial charge in [0, 0.05) is 12.8 Å². The summed E-state index contributed by atoms with van der Waals surface area (Å²) in [6.07, 6.45) is 0.165. The molecule has 2 aromatic carbocycles. The molecule has 0 saturated heterocycles. The average molecular weight is 499 g/mol. The number of amides is 3. The number of nitrogens with one attached hydrogen (secondary N) is 3. The van der Waals surface area contributed by atoms with E-state index < -0.39 is 47.9 Å². The van der Waals surface area contributed by atoms with Gasteiger partial charge in [-0.3, -0.25) is 14.4 Å². The van der Waals surface area contributed by atoms with Crippen molar-refractivity contribution >= 4 is 23.7 Å². The first kappa shape index (κ1) is 28.3. The Morgan fingerprint density at radius 1 is 0.750 bits per heavy atom. The van der Waals surface area contributed by atoms with Crippen LogP contribution in [0.15, 0.2) is 54.6 Å². The fraction of sp³-hybridized carbons (Fsp3) is 0.385. The number of aromatic hydroxyl groups is 1. The summed E-state index contributed by atoms with van der Waals surface area (Å²) >= 11 is 0. The van der Waals surface area contributed by atoms with Crippen molar-refractivity contribution in [3.8, 4) is 5.75 Å². The van der Waals surface area contributed by atoms with Crippen LogP contribution in [0.1, 0.15) is 31.9 Å². The summed E-state index contributed by atoms with van der Waals surface area (Å²) in [4.78, 5) is 50.0. The average Bonchev–Trinajstić information content (AvgIpc) is 2.84. The standard InChI is InChI=1S/C26H34N4O6/c1-15(2)22(27)25(34)29-20(13-17-7-5-4-6-8-17)24(33)28-16(3)23(32)30-21(26(35)36)14-18-9-11-19(31)12-10-18/h4-12,15-16,20-22,31H,13-14,27H2,1-3H3,(H,28,33)(H,29,34)(H,30,32)(H,35,36). The van der Waals surface area contributed by atoms with E-state index in [4.69, 9.17) is 5.73 Å². The number of carbonyl (C=O) groups is 4. The van der Waals surface area contributed by atoms with Crippen LogP contribution in [0.25, 0.3) is 0 Å². The molecule has 2 rings (SSSR count). The molecule has 0 aliphatic rings. The van der Waals surface area contributed by atoms with Crippen LogP contribution in [-0.4, -0.2) is 58.1 Å². The summed E-state index contributed by atoms with van der Waals surface area (Å²) in [7, 11) is 0. The third kappa shape index (κ3) is 8.70. The number of carboxylic acid groups (broad SMARTS) is 1. The highest BCUT2D eigenvalue weighted by Crippen LogP contribution is 2.12. The summed E-state index contributed by atoms with van der Waals surface area (Å²) in [5.74, 6) is -3.13. The van der Waals surface area contributed by atoms with E-state index in [-0.39, 0.29) is 24.5 Å². The molecule has 0 fully saturated rings. The third-order valence-electron chi connectivity index (χ3n) is 5.68. The second kappa shape index (κ2) is 13.2. The summed E-state index contributed by atoms with van der Waals surface area (Å²) in [6, 6.07) is 10.9. The molecule has 0 radical (unpaired) electrons. The Hall–Kier alpha value is -3.92. The molecule has 36 heavy (non-hydrogen) atoms. The van der Waals surface area contributed by atoms with E-state index in [2.05, 4.69) is 16.0 Å². The highest BCUT2D eigenvalue weighted by molar-refractivity contribution is 5.94.